The summed E-state index contributed by atoms with van der Waals surface area (Å²) in [5.74, 6) is 2.03. The van der Waals surface area contributed by atoms with Crippen LogP contribution in [0.2, 0.25) is 0 Å². The highest BCUT2D eigenvalue weighted by Crippen LogP contribution is 2.41. The lowest BCUT2D eigenvalue weighted by Gasteiger charge is -2.35. The average molecular weight is 325 g/mol. The third-order valence-corrected chi connectivity index (χ3v) is 5.62. The molecule has 4 nitrogen and oxygen atoms in total. The van der Waals surface area contributed by atoms with E-state index in [1.165, 1.54) is 25.7 Å². The molecule has 0 amide bonds. The number of piperidine rings is 1. The molecule has 2 fully saturated rings. The quantitative estimate of drug-likeness (QED) is 0.908. The van der Waals surface area contributed by atoms with E-state index < -0.39 is 0 Å². The molecule has 0 radical (unpaired) electrons. The first kappa shape index (κ1) is 13.3. The normalized spacial score (nSPS) is 30.8. The summed E-state index contributed by atoms with van der Waals surface area (Å²) in [6, 6.07) is 1.42. The van der Waals surface area contributed by atoms with Crippen molar-refractivity contribution < 1.29 is 0 Å². The Kier molecular flexibility index (Phi) is 3.52. The highest BCUT2D eigenvalue weighted by molar-refractivity contribution is 9.10. The topological polar surface area (TPSA) is 55.0 Å². The predicted octanol–water partition coefficient (Wildman–Crippen LogP) is 2.72. The minimum absolute atomic E-state index is 0.481. The van der Waals surface area contributed by atoms with Gasteiger partial charge in [-0.2, -0.15) is 0 Å². The summed E-state index contributed by atoms with van der Waals surface area (Å²) in [5.41, 5.74) is 7.04. The zero-order chi connectivity index (χ0) is 13.6. The van der Waals surface area contributed by atoms with E-state index in [1.54, 1.807) is 0 Å². The summed E-state index contributed by atoms with van der Waals surface area (Å²) in [4.78, 5) is 11.8. The molecule has 2 aliphatic rings. The van der Waals surface area contributed by atoms with Crippen LogP contribution in [0.15, 0.2) is 4.47 Å². The van der Waals surface area contributed by atoms with Crippen molar-refractivity contribution in [2.24, 2.45) is 0 Å². The van der Waals surface area contributed by atoms with Gasteiger partial charge in [0.05, 0.1) is 10.2 Å². The molecule has 104 valence electrons. The summed E-state index contributed by atoms with van der Waals surface area (Å²) in [7, 11) is 2.26. The van der Waals surface area contributed by atoms with Crippen LogP contribution in [0.25, 0.3) is 0 Å². The van der Waals surface area contributed by atoms with Crippen LogP contribution in [0.5, 0.6) is 0 Å². The van der Waals surface area contributed by atoms with Crippen LogP contribution >= 0.6 is 15.9 Å². The fourth-order valence-electron chi connectivity index (χ4n) is 3.57. The number of nitrogen functional groups attached to an aromatic ring is 1. The molecular formula is C14H21BrN4. The Labute approximate surface area is 122 Å². The van der Waals surface area contributed by atoms with Crippen molar-refractivity contribution in [3.63, 3.8) is 0 Å². The highest BCUT2D eigenvalue weighted by Gasteiger charge is 2.40. The van der Waals surface area contributed by atoms with Crippen molar-refractivity contribution in [2.45, 2.75) is 57.0 Å². The Morgan fingerprint density at radius 3 is 2.47 bits per heavy atom. The molecule has 2 aliphatic heterocycles. The maximum absolute atomic E-state index is 6.01. The third kappa shape index (κ3) is 2.27. The molecule has 0 spiro atoms. The van der Waals surface area contributed by atoms with Crippen molar-refractivity contribution in [3.05, 3.63) is 16.0 Å². The number of hydrogen-bond acceptors (Lipinski definition) is 4. The van der Waals surface area contributed by atoms with Crippen LogP contribution in [0, 0.1) is 0 Å². The van der Waals surface area contributed by atoms with Gasteiger partial charge in [-0.3, -0.25) is 0 Å². The molecule has 2 N–H and O–H groups in total. The molecule has 2 unspecified atom stereocenters. The first-order valence-corrected chi connectivity index (χ1v) is 7.93. The van der Waals surface area contributed by atoms with Gasteiger partial charge in [0.1, 0.15) is 11.6 Å². The molecule has 2 bridgehead atoms. The maximum Gasteiger partial charge on any atom is 0.141 e. The second-order valence-electron chi connectivity index (χ2n) is 5.80. The van der Waals surface area contributed by atoms with E-state index in [2.05, 4.69) is 39.8 Å². The predicted molar refractivity (Wildman–Crippen MR) is 80.1 cm³/mol. The number of fused-ring (bicyclic) bond motifs is 2. The van der Waals surface area contributed by atoms with Gasteiger partial charge in [-0.1, -0.05) is 6.92 Å². The van der Waals surface area contributed by atoms with Crippen LogP contribution in [-0.2, 0) is 6.42 Å². The number of anilines is 1. The molecule has 2 atom stereocenters. The summed E-state index contributed by atoms with van der Waals surface area (Å²) in [5, 5.41) is 0. The van der Waals surface area contributed by atoms with Gasteiger partial charge in [0.2, 0.25) is 0 Å². The van der Waals surface area contributed by atoms with Crippen LogP contribution in [0.1, 0.15) is 50.0 Å². The fraction of sp³-hybridized carbons (Fsp3) is 0.714. The number of nitrogens with zero attached hydrogens (tertiary/aromatic N) is 3. The number of nitrogens with two attached hydrogens (primary N) is 1. The van der Waals surface area contributed by atoms with Gasteiger partial charge in [0.25, 0.3) is 0 Å². The lowest BCUT2D eigenvalue weighted by Crippen LogP contribution is -2.39. The monoisotopic (exact) mass is 324 g/mol. The first-order chi connectivity index (χ1) is 9.10. The van der Waals surface area contributed by atoms with Crippen molar-refractivity contribution in [1.29, 1.82) is 0 Å². The number of hydrogen-bond donors (Lipinski definition) is 1. The highest BCUT2D eigenvalue weighted by atomic mass is 79.9. The number of aromatic nitrogens is 2. The van der Waals surface area contributed by atoms with Gasteiger partial charge in [-0.05, 0) is 55.1 Å². The summed E-state index contributed by atoms with van der Waals surface area (Å²) >= 11 is 3.49. The van der Waals surface area contributed by atoms with Crippen LogP contribution < -0.4 is 5.73 Å². The zero-order valence-corrected chi connectivity index (χ0v) is 13.2. The Balaban J connectivity index is 1.89. The number of aryl methyl sites for hydroxylation is 1. The Bertz CT molecular complexity index is 477. The number of rotatable bonds is 2. The molecule has 3 rings (SSSR count). The molecule has 2 saturated heterocycles. The van der Waals surface area contributed by atoms with E-state index in [1.807, 2.05) is 0 Å². The zero-order valence-electron chi connectivity index (χ0n) is 11.6. The van der Waals surface area contributed by atoms with Crippen molar-refractivity contribution in [1.82, 2.24) is 14.9 Å². The Morgan fingerprint density at radius 1 is 1.26 bits per heavy atom. The van der Waals surface area contributed by atoms with E-state index in [9.17, 15) is 0 Å². The molecule has 0 aromatic carbocycles. The van der Waals surface area contributed by atoms with Crippen LogP contribution in [0.3, 0.4) is 0 Å². The molecule has 1 aromatic rings. The average Bonchev–Trinajstić information content (AvgIpc) is 2.64. The van der Waals surface area contributed by atoms with E-state index in [4.69, 9.17) is 10.7 Å². The molecule has 1 aromatic heterocycles. The first-order valence-electron chi connectivity index (χ1n) is 7.13. The van der Waals surface area contributed by atoms with Crippen LogP contribution in [0.4, 0.5) is 5.82 Å². The second kappa shape index (κ2) is 5.02. The molecular weight excluding hydrogens is 304 g/mol. The molecule has 5 heteroatoms. The minimum Gasteiger partial charge on any atom is -0.383 e. The van der Waals surface area contributed by atoms with Crippen molar-refractivity contribution in [2.75, 3.05) is 12.8 Å². The maximum atomic E-state index is 6.01. The molecule has 19 heavy (non-hydrogen) atoms. The van der Waals surface area contributed by atoms with Gasteiger partial charge in [-0.15, -0.1) is 0 Å². The minimum atomic E-state index is 0.481. The lowest BCUT2D eigenvalue weighted by molar-refractivity contribution is 0.159. The van der Waals surface area contributed by atoms with E-state index >= 15 is 0 Å². The summed E-state index contributed by atoms with van der Waals surface area (Å²) in [6.45, 7) is 2.11. The molecule has 0 saturated carbocycles. The Hall–Kier alpha value is -0.680. The van der Waals surface area contributed by atoms with Gasteiger partial charge in [0.15, 0.2) is 0 Å². The van der Waals surface area contributed by atoms with Gasteiger partial charge in [-0.25, -0.2) is 9.97 Å². The summed E-state index contributed by atoms with van der Waals surface area (Å²) in [6.07, 6.45) is 5.89. The summed E-state index contributed by atoms with van der Waals surface area (Å²) < 4.78 is 0.870. The van der Waals surface area contributed by atoms with Crippen LogP contribution in [-0.4, -0.2) is 34.0 Å². The van der Waals surface area contributed by atoms with Crippen molar-refractivity contribution >= 4 is 21.7 Å². The third-order valence-electron chi connectivity index (χ3n) is 4.76. The SMILES string of the molecule is CCc1nc(C2CC3CCC(C2)N3C)nc(N)c1Br. The smallest absolute Gasteiger partial charge is 0.141 e. The largest absolute Gasteiger partial charge is 0.383 e. The van der Waals surface area contributed by atoms with E-state index in [-0.39, 0.29) is 0 Å². The van der Waals surface area contributed by atoms with E-state index in [0.29, 0.717) is 23.8 Å². The van der Waals surface area contributed by atoms with Gasteiger partial charge < -0.3 is 10.6 Å². The number of halogens is 1. The Morgan fingerprint density at radius 2 is 1.89 bits per heavy atom. The fourth-order valence-corrected chi connectivity index (χ4v) is 4.03. The molecule has 0 aliphatic carbocycles. The second-order valence-corrected chi connectivity index (χ2v) is 6.59. The van der Waals surface area contributed by atoms with E-state index in [0.717, 1.165) is 22.4 Å². The van der Waals surface area contributed by atoms with Crippen molar-refractivity contribution in [3.8, 4) is 0 Å². The standard InChI is InChI=1S/C14H21BrN4/c1-3-11-12(15)13(16)18-14(17-11)8-6-9-4-5-10(7-8)19(9)2/h8-10H,3-7H2,1-2H3,(H2,16,17,18). The van der Waals surface area contributed by atoms with Gasteiger partial charge >= 0.3 is 0 Å². The lowest BCUT2D eigenvalue weighted by atomic mass is 9.90. The van der Waals surface area contributed by atoms with Gasteiger partial charge in [0, 0.05) is 18.0 Å². The molecule has 3 heterocycles.